The van der Waals surface area contributed by atoms with Gasteiger partial charge in [-0.1, -0.05) is 25.0 Å². The number of aryl methyl sites for hydroxylation is 1. The van der Waals surface area contributed by atoms with E-state index in [2.05, 4.69) is 24.4 Å². The molecule has 1 aliphatic rings. The Balaban J connectivity index is 1.63. The molecule has 1 fully saturated rings. The standard InChI is InChI=1S/C16H25NO2/c1-13-11-14(7-8-16(13)18-2)12-17-9-10-19-15-5-3-4-6-15/h7-8,11,15,17H,3-6,9-10,12H2,1-2H3. The predicted molar refractivity (Wildman–Crippen MR) is 77.6 cm³/mol. The molecule has 0 unspecified atom stereocenters. The molecule has 2 rings (SSSR count). The van der Waals surface area contributed by atoms with Gasteiger partial charge < -0.3 is 14.8 Å². The second kappa shape index (κ2) is 7.51. The van der Waals surface area contributed by atoms with E-state index in [9.17, 15) is 0 Å². The molecule has 0 aliphatic heterocycles. The second-order valence-electron chi connectivity index (χ2n) is 5.26. The lowest BCUT2D eigenvalue weighted by molar-refractivity contribution is 0.0603. The Kier molecular flexibility index (Phi) is 5.67. The van der Waals surface area contributed by atoms with Crippen LogP contribution in [0.3, 0.4) is 0 Å². The van der Waals surface area contributed by atoms with Crippen molar-refractivity contribution in [2.45, 2.75) is 45.3 Å². The minimum Gasteiger partial charge on any atom is -0.496 e. The molecule has 0 saturated heterocycles. The molecule has 3 heteroatoms. The summed E-state index contributed by atoms with van der Waals surface area (Å²) in [7, 11) is 1.71. The second-order valence-corrected chi connectivity index (χ2v) is 5.26. The average molecular weight is 263 g/mol. The Morgan fingerprint density at radius 3 is 2.74 bits per heavy atom. The molecule has 1 N–H and O–H groups in total. The monoisotopic (exact) mass is 263 g/mol. The molecule has 0 atom stereocenters. The summed E-state index contributed by atoms with van der Waals surface area (Å²) in [5.74, 6) is 0.952. The first-order valence-corrected chi connectivity index (χ1v) is 7.25. The summed E-state index contributed by atoms with van der Waals surface area (Å²) in [4.78, 5) is 0. The number of hydrogen-bond donors (Lipinski definition) is 1. The fraction of sp³-hybridized carbons (Fsp3) is 0.625. The summed E-state index contributed by atoms with van der Waals surface area (Å²) >= 11 is 0. The smallest absolute Gasteiger partial charge is 0.121 e. The van der Waals surface area contributed by atoms with Gasteiger partial charge in [0.15, 0.2) is 0 Å². The van der Waals surface area contributed by atoms with Crippen LogP contribution in [0.15, 0.2) is 18.2 Å². The zero-order valence-corrected chi connectivity index (χ0v) is 12.1. The molecule has 0 heterocycles. The molecule has 0 bridgehead atoms. The van der Waals surface area contributed by atoms with Gasteiger partial charge in [0.25, 0.3) is 0 Å². The number of methoxy groups -OCH3 is 1. The number of benzene rings is 1. The molecule has 1 aromatic rings. The van der Waals surface area contributed by atoms with Crippen LogP contribution in [0.25, 0.3) is 0 Å². The fourth-order valence-electron chi connectivity index (χ4n) is 2.64. The van der Waals surface area contributed by atoms with E-state index in [1.165, 1.54) is 36.8 Å². The lowest BCUT2D eigenvalue weighted by Gasteiger charge is -2.12. The lowest BCUT2D eigenvalue weighted by Crippen LogP contribution is -2.21. The highest BCUT2D eigenvalue weighted by Gasteiger charge is 2.14. The van der Waals surface area contributed by atoms with E-state index in [4.69, 9.17) is 9.47 Å². The van der Waals surface area contributed by atoms with Crippen molar-refractivity contribution in [1.29, 1.82) is 0 Å². The highest BCUT2D eigenvalue weighted by Crippen LogP contribution is 2.20. The first-order valence-electron chi connectivity index (χ1n) is 7.25. The summed E-state index contributed by atoms with van der Waals surface area (Å²) in [5.41, 5.74) is 2.48. The van der Waals surface area contributed by atoms with Crippen molar-refractivity contribution in [2.24, 2.45) is 0 Å². The van der Waals surface area contributed by atoms with E-state index in [-0.39, 0.29) is 0 Å². The van der Waals surface area contributed by atoms with Crippen LogP contribution in [-0.4, -0.2) is 26.4 Å². The first-order chi connectivity index (χ1) is 9.29. The molecule has 1 aromatic carbocycles. The van der Waals surface area contributed by atoms with Crippen molar-refractivity contribution in [3.63, 3.8) is 0 Å². The number of hydrogen-bond acceptors (Lipinski definition) is 3. The summed E-state index contributed by atoms with van der Waals surface area (Å²) in [5, 5.41) is 3.42. The Hall–Kier alpha value is -1.06. The van der Waals surface area contributed by atoms with Crippen molar-refractivity contribution in [3.05, 3.63) is 29.3 Å². The SMILES string of the molecule is COc1ccc(CNCCOC2CCCC2)cc1C. The summed E-state index contributed by atoms with van der Waals surface area (Å²) in [6.45, 7) is 4.70. The van der Waals surface area contributed by atoms with Gasteiger partial charge in [0.2, 0.25) is 0 Å². The zero-order chi connectivity index (χ0) is 13.5. The summed E-state index contributed by atoms with van der Waals surface area (Å²) in [6.07, 6.45) is 5.69. The van der Waals surface area contributed by atoms with Crippen LogP contribution in [0.2, 0.25) is 0 Å². The zero-order valence-electron chi connectivity index (χ0n) is 12.1. The molecule has 0 spiro atoms. The Morgan fingerprint density at radius 2 is 2.05 bits per heavy atom. The minimum absolute atomic E-state index is 0.519. The van der Waals surface area contributed by atoms with E-state index in [0.29, 0.717) is 6.10 Å². The van der Waals surface area contributed by atoms with Crippen LogP contribution in [-0.2, 0) is 11.3 Å². The molecule has 0 amide bonds. The van der Waals surface area contributed by atoms with Gasteiger partial charge >= 0.3 is 0 Å². The highest BCUT2D eigenvalue weighted by atomic mass is 16.5. The van der Waals surface area contributed by atoms with Gasteiger partial charge in [-0.05, 0) is 37.0 Å². The van der Waals surface area contributed by atoms with Crippen LogP contribution in [0.4, 0.5) is 0 Å². The van der Waals surface area contributed by atoms with E-state index >= 15 is 0 Å². The third kappa shape index (κ3) is 4.51. The van der Waals surface area contributed by atoms with Crippen LogP contribution in [0, 0.1) is 6.92 Å². The first kappa shape index (κ1) is 14.4. The van der Waals surface area contributed by atoms with E-state index in [1.807, 2.05) is 6.07 Å². The normalized spacial score (nSPS) is 15.9. The summed E-state index contributed by atoms with van der Waals surface area (Å²) < 4.78 is 11.1. The predicted octanol–water partition coefficient (Wildman–Crippen LogP) is 3.05. The van der Waals surface area contributed by atoms with Crippen LogP contribution < -0.4 is 10.1 Å². The van der Waals surface area contributed by atoms with Crippen LogP contribution in [0.1, 0.15) is 36.8 Å². The molecule has 106 valence electrons. The summed E-state index contributed by atoms with van der Waals surface area (Å²) in [6, 6.07) is 6.31. The molecule has 0 aromatic heterocycles. The average Bonchev–Trinajstić information content (AvgIpc) is 2.92. The van der Waals surface area contributed by atoms with E-state index in [1.54, 1.807) is 7.11 Å². The fourth-order valence-corrected chi connectivity index (χ4v) is 2.64. The topological polar surface area (TPSA) is 30.5 Å². The largest absolute Gasteiger partial charge is 0.496 e. The van der Waals surface area contributed by atoms with Gasteiger partial charge in [0.1, 0.15) is 5.75 Å². The van der Waals surface area contributed by atoms with Crippen molar-refractivity contribution in [2.75, 3.05) is 20.3 Å². The number of nitrogens with one attached hydrogen (secondary N) is 1. The van der Waals surface area contributed by atoms with Crippen molar-refractivity contribution >= 4 is 0 Å². The van der Waals surface area contributed by atoms with Crippen molar-refractivity contribution in [1.82, 2.24) is 5.32 Å². The lowest BCUT2D eigenvalue weighted by atomic mass is 10.1. The van der Waals surface area contributed by atoms with Gasteiger partial charge in [0, 0.05) is 13.1 Å². The minimum atomic E-state index is 0.519. The van der Waals surface area contributed by atoms with Crippen LogP contribution >= 0.6 is 0 Å². The third-order valence-corrected chi connectivity index (χ3v) is 3.72. The Labute approximate surface area is 116 Å². The van der Waals surface area contributed by atoms with E-state index in [0.717, 1.165) is 25.4 Å². The van der Waals surface area contributed by atoms with Crippen LogP contribution in [0.5, 0.6) is 5.75 Å². The molecule has 1 aliphatic carbocycles. The molecule has 0 radical (unpaired) electrons. The quantitative estimate of drug-likeness (QED) is 0.767. The van der Waals surface area contributed by atoms with Crippen molar-refractivity contribution in [3.8, 4) is 5.75 Å². The van der Waals surface area contributed by atoms with Gasteiger partial charge in [-0.2, -0.15) is 0 Å². The Morgan fingerprint density at radius 1 is 1.26 bits per heavy atom. The number of ether oxygens (including phenoxy) is 2. The van der Waals surface area contributed by atoms with E-state index < -0.39 is 0 Å². The van der Waals surface area contributed by atoms with Gasteiger partial charge in [-0.3, -0.25) is 0 Å². The third-order valence-electron chi connectivity index (χ3n) is 3.72. The Bertz CT molecular complexity index is 386. The molecule has 1 saturated carbocycles. The van der Waals surface area contributed by atoms with Crippen molar-refractivity contribution < 1.29 is 9.47 Å². The molecular weight excluding hydrogens is 238 g/mol. The molecular formula is C16H25NO2. The maximum atomic E-state index is 5.82. The molecule has 19 heavy (non-hydrogen) atoms. The highest BCUT2D eigenvalue weighted by molar-refractivity contribution is 5.36. The van der Waals surface area contributed by atoms with Gasteiger partial charge in [0.05, 0.1) is 19.8 Å². The molecule has 3 nitrogen and oxygen atoms in total. The van der Waals surface area contributed by atoms with Gasteiger partial charge in [-0.25, -0.2) is 0 Å². The maximum absolute atomic E-state index is 5.82. The van der Waals surface area contributed by atoms with Gasteiger partial charge in [-0.15, -0.1) is 0 Å². The maximum Gasteiger partial charge on any atom is 0.121 e. The number of rotatable bonds is 7.